The molecule has 0 atom stereocenters. The van der Waals surface area contributed by atoms with E-state index in [1.54, 1.807) is 0 Å². The first kappa shape index (κ1) is 19.0. The summed E-state index contributed by atoms with van der Waals surface area (Å²) in [5.41, 5.74) is 0.890. The van der Waals surface area contributed by atoms with Crippen LogP contribution in [0, 0.1) is 6.92 Å². The number of aliphatic hydroxyl groups excluding tert-OH is 1. The van der Waals surface area contributed by atoms with Gasteiger partial charge in [0.15, 0.2) is 0 Å². The number of aliphatic hydroxyl groups is 1. The Kier molecular flexibility index (Phi) is 6.73. The summed E-state index contributed by atoms with van der Waals surface area (Å²) in [6.45, 7) is 7.63. The molecule has 3 N–H and O–H groups in total. The van der Waals surface area contributed by atoms with E-state index in [1.165, 1.54) is 17.7 Å². The van der Waals surface area contributed by atoms with E-state index in [4.69, 9.17) is 9.84 Å². The number of fused-ring (bicyclic) bond motifs is 1. The second kappa shape index (κ2) is 9.22. The largest absolute Gasteiger partial charge is 0.396 e. The Morgan fingerprint density at radius 1 is 1.35 bits per heavy atom. The summed E-state index contributed by atoms with van der Waals surface area (Å²) in [4.78, 5) is 24.9. The zero-order chi connectivity index (χ0) is 18.4. The highest BCUT2D eigenvalue weighted by molar-refractivity contribution is 7.20. The van der Waals surface area contributed by atoms with E-state index in [1.807, 2.05) is 6.92 Å². The number of ether oxygens (including phenoxy) is 1. The fourth-order valence-electron chi connectivity index (χ4n) is 2.94. The van der Waals surface area contributed by atoms with E-state index >= 15 is 0 Å². The molecule has 2 aromatic heterocycles. The number of amides is 1. The molecule has 9 heteroatoms. The van der Waals surface area contributed by atoms with E-state index in [0.717, 1.165) is 61.0 Å². The molecule has 0 saturated carbocycles. The Morgan fingerprint density at radius 2 is 2.15 bits per heavy atom. The van der Waals surface area contributed by atoms with Gasteiger partial charge in [-0.3, -0.25) is 9.69 Å². The standard InChI is InChI=1S/C17H25N5O3S/c1-12-13-15(18-4-5-22-6-9-25-10-7-22)20-11-21-17(13)26-14(12)16(24)19-3-2-8-23/h11,23H,2-10H2,1H3,(H,19,24)(H,18,20,21). The van der Waals surface area contributed by atoms with Crippen molar-refractivity contribution in [2.24, 2.45) is 0 Å². The highest BCUT2D eigenvalue weighted by Crippen LogP contribution is 2.33. The topological polar surface area (TPSA) is 99.6 Å². The minimum Gasteiger partial charge on any atom is -0.396 e. The number of aromatic nitrogens is 2. The molecular formula is C17H25N5O3S. The molecule has 1 fully saturated rings. The lowest BCUT2D eigenvalue weighted by Gasteiger charge is -2.26. The van der Waals surface area contributed by atoms with Crippen LogP contribution in [0.2, 0.25) is 0 Å². The molecule has 1 aliphatic rings. The van der Waals surface area contributed by atoms with Gasteiger partial charge in [0.2, 0.25) is 0 Å². The van der Waals surface area contributed by atoms with Crippen molar-refractivity contribution in [3.05, 3.63) is 16.8 Å². The fourth-order valence-corrected chi connectivity index (χ4v) is 4.01. The SMILES string of the molecule is Cc1c(C(=O)NCCCO)sc2ncnc(NCCN3CCOCC3)c12. The number of hydrogen-bond acceptors (Lipinski definition) is 8. The van der Waals surface area contributed by atoms with Gasteiger partial charge in [-0.25, -0.2) is 9.97 Å². The number of aryl methyl sites for hydroxylation is 1. The molecule has 0 aromatic carbocycles. The van der Waals surface area contributed by atoms with Gasteiger partial charge < -0.3 is 20.5 Å². The first-order valence-electron chi connectivity index (χ1n) is 8.88. The quantitative estimate of drug-likeness (QED) is 0.585. The molecule has 0 radical (unpaired) electrons. The Balaban J connectivity index is 1.69. The highest BCUT2D eigenvalue weighted by atomic mass is 32.1. The van der Waals surface area contributed by atoms with E-state index in [0.29, 0.717) is 17.8 Å². The van der Waals surface area contributed by atoms with Crippen LogP contribution in [0.4, 0.5) is 5.82 Å². The summed E-state index contributed by atoms with van der Waals surface area (Å²) in [5.74, 6) is 0.643. The summed E-state index contributed by atoms with van der Waals surface area (Å²) in [5, 5.41) is 16.0. The predicted molar refractivity (Wildman–Crippen MR) is 102 cm³/mol. The second-order valence-corrected chi connectivity index (χ2v) is 7.17. The van der Waals surface area contributed by atoms with Crippen molar-refractivity contribution < 1.29 is 14.6 Å². The Morgan fingerprint density at radius 3 is 2.92 bits per heavy atom. The van der Waals surface area contributed by atoms with E-state index in [2.05, 4.69) is 25.5 Å². The maximum atomic E-state index is 12.4. The van der Waals surface area contributed by atoms with Crippen molar-refractivity contribution >= 4 is 33.3 Å². The molecule has 3 heterocycles. The fraction of sp³-hybridized carbons (Fsp3) is 0.588. The third-order valence-electron chi connectivity index (χ3n) is 4.38. The normalized spacial score (nSPS) is 15.3. The molecular weight excluding hydrogens is 354 g/mol. The smallest absolute Gasteiger partial charge is 0.261 e. The Bertz CT molecular complexity index is 745. The first-order chi connectivity index (χ1) is 12.7. The molecule has 26 heavy (non-hydrogen) atoms. The molecule has 0 bridgehead atoms. The second-order valence-electron chi connectivity index (χ2n) is 6.17. The number of anilines is 1. The van der Waals surface area contributed by atoms with Crippen LogP contribution < -0.4 is 10.6 Å². The van der Waals surface area contributed by atoms with Crippen LogP contribution in [-0.2, 0) is 4.74 Å². The summed E-state index contributed by atoms with van der Waals surface area (Å²) in [6, 6.07) is 0. The summed E-state index contributed by atoms with van der Waals surface area (Å²) < 4.78 is 5.36. The van der Waals surface area contributed by atoms with E-state index in [9.17, 15) is 4.79 Å². The maximum Gasteiger partial charge on any atom is 0.261 e. The number of thiophene rings is 1. The summed E-state index contributed by atoms with van der Waals surface area (Å²) in [6.07, 6.45) is 2.08. The van der Waals surface area contributed by atoms with Gasteiger partial charge in [-0.1, -0.05) is 0 Å². The predicted octanol–water partition coefficient (Wildman–Crippen LogP) is 0.856. The minimum atomic E-state index is -0.127. The number of morpholine rings is 1. The van der Waals surface area contributed by atoms with Crippen molar-refractivity contribution in [1.29, 1.82) is 0 Å². The lowest BCUT2D eigenvalue weighted by atomic mass is 10.2. The monoisotopic (exact) mass is 379 g/mol. The molecule has 142 valence electrons. The molecule has 1 amide bonds. The Labute approximate surface area is 156 Å². The van der Waals surface area contributed by atoms with Crippen LogP contribution in [0.1, 0.15) is 21.7 Å². The number of carbonyl (C=O) groups is 1. The first-order valence-corrected chi connectivity index (χ1v) is 9.69. The molecule has 0 unspecified atom stereocenters. The molecule has 2 aromatic rings. The number of nitrogens with zero attached hydrogens (tertiary/aromatic N) is 3. The third-order valence-corrected chi connectivity index (χ3v) is 5.58. The van der Waals surface area contributed by atoms with Gasteiger partial charge >= 0.3 is 0 Å². The van der Waals surface area contributed by atoms with Gasteiger partial charge in [-0.2, -0.15) is 0 Å². The highest BCUT2D eigenvalue weighted by Gasteiger charge is 2.19. The minimum absolute atomic E-state index is 0.0639. The van der Waals surface area contributed by atoms with Crippen LogP contribution in [0.5, 0.6) is 0 Å². The molecule has 3 rings (SSSR count). The average Bonchev–Trinajstić information content (AvgIpc) is 3.00. The van der Waals surface area contributed by atoms with Gasteiger partial charge in [-0.15, -0.1) is 11.3 Å². The number of nitrogens with one attached hydrogen (secondary N) is 2. The van der Waals surface area contributed by atoms with Crippen LogP contribution in [0.3, 0.4) is 0 Å². The van der Waals surface area contributed by atoms with Gasteiger partial charge in [0.1, 0.15) is 17.0 Å². The van der Waals surface area contributed by atoms with Gasteiger partial charge in [0.25, 0.3) is 5.91 Å². The number of rotatable bonds is 8. The van der Waals surface area contributed by atoms with Crippen molar-refractivity contribution in [3.63, 3.8) is 0 Å². The van der Waals surface area contributed by atoms with Crippen LogP contribution in [0.25, 0.3) is 10.2 Å². The third kappa shape index (κ3) is 4.47. The van der Waals surface area contributed by atoms with Gasteiger partial charge in [0, 0.05) is 39.3 Å². The molecule has 0 spiro atoms. The van der Waals surface area contributed by atoms with Crippen molar-refractivity contribution in [2.45, 2.75) is 13.3 Å². The lowest BCUT2D eigenvalue weighted by Crippen LogP contribution is -2.39. The molecule has 8 nitrogen and oxygen atoms in total. The van der Waals surface area contributed by atoms with Crippen LogP contribution in [0.15, 0.2) is 6.33 Å². The number of carbonyl (C=O) groups excluding carboxylic acids is 1. The van der Waals surface area contributed by atoms with Gasteiger partial charge in [-0.05, 0) is 18.9 Å². The summed E-state index contributed by atoms with van der Waals surface area (Å²) in [7, 11) is 0. The lowest BCUT2D eigenvalue weighted by molar-refractivity contribution is 0.0398. The molecule has 0 aliphatic carbocycles. The maximum absolute atomic E-state index is 12.4. The van der Waals surface area contributed by atoms with Crippen LogP contribution in [-0.4, -0.2) is 78.4 Å². The Hall–Kier alpha value is -1.81. The van der Waals surface area contributed by atoms with Crippen molar-refractivity contribution in [2.75, 3.05) is 57.9 Å². The van der Waals surface area contributed by atoms with Gasteiger partial charge in [0.05, 0.1) is 23.5 Å². The van der Waals surface area contributed by atoms with E-state index < -0.39 is 0 Å². The zero-order valence-corrected chi connectivity index (χ0v) is 15.8. The van der Waals surface area contributed by atoms with Crippen molar-refractivity contribution in [1.82, 2.24) is 20.2 Å². The zero-order valence-electron chi connectivity index (χ0n) is 15.0. The number of hydrogen-bond donors (Lipinski definition) is 3. The van der Waals surface area contributed by atoms with Crippen LogP contribution >= 0.6 is 11.3 Å². The molecule has 1 saturated heterocycles. The van der Waals surface area contributed by atoms with E-state index in [-0.39, 0.29) is 12.5 Å². The van der Waals surface area contributed by atoms with Crippen molar-refractivity contribution in [3.8, 4) is 0 Å². The summed E-state index contributed by atoms with van der Waals surface area (Å²) >= 11 is 1.37. The average molecular weight is 379 g/mol. The molecule has 1 aliphatic heterocycles.